The third-order valence-corrected chi connectivity index (χ3v) is 4.30. The first-order valence-electron chi connectivity index (χ1n) is 7.49. The Kier molecular flexibility index (Phi) is 3.83. The number of benzene rings is 2. The summed E-state index contributed by atoms with van der Waals surface area (Å²) in [5, 5.41) is 8.22. The molecule has 2 aromatic carbocycles. The van der Waals surface area contributed by atoms with Crippen LogP contribution in [0.5, 0.6) is 5.75 Å². The number of ether oxygens (including phenoxy) is 1. The molecule has 132 valence electrons. The van der Waals surface area contributed by atoms with Crippen molar-refractivity contribution in [3.8, 4) is 17.1 Å². The topological polar surface area (TPSA) is 52.3 Å². The molecule has 4 rings (SSSR count). The molecule has 0 N–H and O–H groups in total. The Balaban J connectivity index is 2.05. The number of hydrogen-bond acceptors (Lipinski definition) is 4. The van der Waals surface area contributed by atoms with Crippen LogP contribution >= 0.6 is 15.9 Å². The van der Waals surface area contributed by atoms with Gasteiger partial charge in [-0.05, 0) is 37.3 Å². The summed E-state index contributed by atoms with van der Waals surface area (Å²) in [6, 6.07) is 11.3. The second-order valence-corrected chi connectivity index (χ2v) is 6.47. The molecular weight excluding hydrogens is 413 g/mol. The third-order valence-electron chi connectivity index (χ3n) is 3.81. The maximum absolute atomic E-state index is 12.8. The summed E-state index contributed by atoms with van der Waals surface area (Å²) in [5.74, 6) is -0.0969. The van der Waals surface area contributed by atoms with Gasteiger partial charge in [0.25, 0.3) is 0 Å². The van der Waals surface area contributed by atoms with E-state index in [1.54, 1.807) is 17.4 Å². The summed E-state index contributed by atoms with van der Waals surface area (Å²) in [5.41, 5.74) is 2.61. The lowest BCUT2D eigenvalue weighted by molar-refractivity contribution is -0.274. The molecule has 5 nitrogen and oxygen atoms in total. The number of alkyl halides is 3. The molecule has 4 aromatic rings. The summed E-state index contributed by atoms with van der Waals surface area (Å²) >= 11 is 3.40. The Morgan fingerprint density at radius 1 is 1.08 bits per heavy atom. The molecule has 0 amide bonds. The Labute approximate surface area is 153 Å². The number of aryl methyl sites for hydroxylation is 1. The fraction of sp³-hybridized carbons (Fsp3) is 0.118. The summed E-state index contributed by atoms with van der Waals surface area (Å²) in [7, 11) is 0. The zero-order valence-corrected chi connectivity index (χ0v) is 14.8. The Bertz CT molecular complexity index is 1140. The molecule has 2 aromatic heterocycles. The fourth-order valence-electron chi connectivity index (χ4n) is 2.79. The molecule has 0 aliphatic carbocycles. The highest BCUT2D eigenvalue weighted by Gasteiger charge is 2.32. The lowest BCUT2D eigenvalue weighted by atomic mass is 10.2. The molecule has 2 heterocycles. The monoisotopic (exact) mass is 422 g/mol. The van der Waals surface area contributed by atoms with Crippen molar-refractivity contribution in [3.63, 3.8) is 0 Å². The molecular formula is C17H10BrF3N4O. The SMILES string of the molecule is Cc1nc2ccc(Br)cc2n2c(-c3ccccc3OC(F)(F)F)nnc12. The number of aromatic nitrogens is 4. The van der Waals surface area contributed by atoms with Gasteiger partial charge in [-0.1, -0.05) is 28.1 Å². The Hall–Kier alpha value is -2.68. The number of halogens is 4. The molecule has 0 saturated carbocycles. The van der Waals surface area contributed by atoms with Crippen molar-refractivity contribution >= 4 is 32.6 Å². The van der Waals surface area contributed by atoms with Gasteiger partial charge in [0, 0.05) is 4.47 Å². The first kappa shape index (κ1) is 16.8. The number of para-hydroxylation sites is 1. The van der Waals surface area contributed by atoms with Crippen molar-refractivity contribution in [1.82, 2.24) is 19.6 Å². The Morgan fingerprint density at radius 2 is 1.85 bits per heavy atom. The van der Waals surface area contributed by atoms with E-state index in [1.807, 2.05) is 18.2 Å². The van der Waals surface area contributed by atoms with Crippen molar-refractivity contribution in [3.05, 3.63) is 52.6 Å². The predicted molar refractivity (Wildman–Crippen MR) is 92.8 cm³/mol. The first-order chi connectivity index (χ1) is 12.3. The maximum Gasteiger partial charge on any atom is 0.573 e. The largest absolute Gasteiger partial charge is 0.573 e. The van der Waals surface area contributed by atoms with E-state index in [1.165, 1.54) is 18.2 Å². The van der Waals surface area contributed by atoms with Crippen LogP contribution in [-0.4, -0.2) is 25.9 Å². The van der Waals surface area contributed by atoms with Gasteiger partial charge in [-0.2, -0.15) is 0 Å². The van der Waals surface area contributed by atoms with E-state index in [2.05, 4.69) is 35.8 Å². The van der Waals surface area contributed by atoms with Gasteiger partial charge in [0.2, 0.25) is 0 Å². The molecule has 0 unspecified atom stereocenters. The smallest absolute Gasteiger partial charge is 0.405 e. The molecule has 0 radical (unpaired) electrons. The summed E-state index contributed by atoms with van der Waals surface area (Å²) < 4.78 is 44.9. The van der Waals surface area contributed by atoms with Crippen molar-refractivity contribution in [2.24, 2.45) is 0 Å². The average molecular weight is 423 g/mol. The van der Waals surface area contributed by atoms with Crippen LogP contribution in [0.2, 0.25) is 0 Å². The van der Waals surface area contributed by atoms with Gasteiger partial charge in [-0.25, -0.2) is 4.98 Å². The van der Waals surface area contributed by atoms with E-state index < -0.39 is 6.36 Å². The van der Waals surface area contributed by atoms with E-state index in [9.17, 15) is 13.2 Å². The van der Waals surface area contributed by atoms with E-state index in [0.29, 0.717) is 22.4 Å². The highest BCUT2D eigenvalue weighted by atomic mass is 79.9. The molecule has 0 aliphatic rings. The number of fused-ring (bicyclic) bond motifs is 3. The normalized spacial score (nSPS) is 12.0. The molecule has 0 fully saturated rings. The van der Waals surface area contributed by atoms with Crippen molar-refractivity contribution in [1.29, 1.82) is 0 Å². The lowest BCUT2D eigenvalue weighted by Crippen LogP contribution is -2.17. The van der Waals surface area contributed by atoms with Gasteiger partial charge in [0.1, 0.15) is 5.75 Å². The standard InChI is InChI=1S/C17H10BrF3N4O/c1-9-15-23-24-16(11-4-2-3-5-14(11)26-17(19,20)21)25(15)13-8-10(18)6-7-12(13)22-9/h2-8H,1H3. The summed E-state index contributed by atoms with van der Waals surface area (Å²) in [6.45, 7) is 1.77. The van der Waals surface area contributed by atoms with Gasteiger partial charge in [0.15, 0.2) is 11.5 Å². The second-order valence-electron chi connectivity index (χ2n) is 5.56. The third kappa shape index (κ3) is 2.88. The molecule has 0 saturated heterocycles. The van der Waals surface area contributed by atoms with E-state index >= 15 is 0 Å². The van der Waals surface area contributed by atoms with Gasteiger partial charge in [-0.15, -0.1) is 23.4 Å². The van der Waals surface area contributed by atoms with Crippen LogP contribution in [0.3, 0.4) is 0 Å². The van der Waals surface area contributed by atoms with Gasteiger partial charge in [0.05, 0.1) is 22.3 Å². The molecule has 0 atom stereocenters. The summed E-state index contributed by atoms with van der Waals surface area (Å²) in [6.07, 6.45) is -4.81. The molecule has 26 heavy (non-hydrogen) atoms. The van der Waals surface area contributed by atoms with Gasteiger partial charge < -0.3 is 4.74 Å². The minimum atomic E-state index is -4.81. The number of nitrogens with zero attached hydrogens (tertiary/aromatic N) is 4. The average Bonchev–Trinajstić information content (AvgIpc) is 3.00. The molecule has 9 heteroatoms. The minimum absolute atomic E-state index is 0.184. The zero-order chi connectivity index (χ0) is 18.5. The highest BCUT2D eigenvalue weighted by Crippen LogP contribution is 2.34. The van der Waals surface area contributed by atoms with Gasteiger partial charge >= 0.3 is 6.36 Å². The van der Waals surface area contributed by atoms with Crippen LogP contribution < -0.4 is 4.74 Å². The van der Waals surface area contributed by atoms with E-state index in [-0.39, 0.29) is 17.1 Å². The summed E-state index contributed by atoms with van der Waals surface area (Å²) in [4.78, 5) is 4.48. The van der Waals surface area contributed by atoms with Crippen LogP contribution in [0, 0.1) is 6.92 Å². The fourth-order valence-corrected chi connectivity index (χ4v) is 3.14. The zero-order valence-electron chi connectivity index (χ0n) is 13.3. The molecule has 0 aliphatic heterocycles. The van der Waals surface area contributed by atoms with E-state index in [4.69, 9.17) is 0 Å². The van der Waals surface area contributed by atoms with Gasteiger partial charge in [-0.3, -0.25) is 4.40 Å². The predicted octanol–water partition coefficient (Wildman–Crippen LogP) is 4.91. The molecule has 0 bridgehead atoms. The van der Waals surface area contributed by atoms with E-state index in [0.717, 1.165) is 4.47 Å². The van der Waals surface area contributed by atoms with Crippen molar-refractivity contribution in [2.75, 3.05) is 0 Å². The van der Waals surface area contributed by atoms with Crippen molar-refractivity contribution < 1.29 is 17.9 Å². The van der Waals surface area contributed by atoms with Crippen LogP contribution in [-0.2, 0) is 0 Å². The maximum atomic E-state index is 12.8. The highest BCUT2D eigenvalue weighted by molar-refractivity contribution is 9.10. The quantitative estimate of drug-likeness (QED) is 0.460. The number of hydrogen-bond donors (Lipinski definition) is 0. The lowest BCUT2D eigenvalue weighted by Gasteiger charge is -2.13. The van der Waals surface area contributed by atoms with Crippen LogP contribution in [0.4, 0.5) is 13.2 Å². The number of rotatable bonds is 2. The minimum Gasteiger partial charge on any atom is -0.405 e. The Morgan fingerprint density at radius 3 is 2.62 bits per heavy atom. The molecule has 0 spiro atoms. The second kappa shape index (κ2) is 5.94. The first-order valence-corrected chi connectivity index (χ1v) is 8.29. The van der Waals surface area contributed by atoms with Crippen LogP contribution in [0.25, 0.3) is 28.1 Å². The van der Waals surface area contributed by atoms with Crippen LogP contribution in [0.1, 0.15) is 5.69 Å². The van der Waals surface area contributed by atoms with Crippen molar-refractivity contribution in [2.45, 2.75) is 13.3 Å². The van der Waals surface area contributed by atoms with Crippen LogP contribution in [0.15, 0.2) is 46.9 Å².